The van der Waals surface area contributed by atoms with Crippen LogP contribution in [-0.2, 0) is 9.53 Å². The highest BCUT2D eigenvalue weighted by molar-refractivity contribution is 6.00. The van der Waals surface area contributed by atoms with E-state index in [1.807, 2.05) is 6.07 Å². The second-order valence-corrected chi connectivity index (χ2v) is 3.05. The Hall–Kier alpha value is -2.04. The number of nitrogens with one attached hydrogen (secondary N) is 2. The van der Waals surface area contributed by atoms with Crippen LogP contribution in [0.25, 0.3) is 0 Å². The minimum absolute atomic E-state index is 0.132. The number of hydrogen-bond acceptors (Lipinski definition) is 4. The normalized spacial score (nSPS) is 9.38. The molecule has 0 atom stereocenters. The molecule has 0 aliphatic heterocycles. The van der Waals surface area contributed by atoms with E-state index in [1.54, 1.807) is 25.2 Å². The van der Waals surface area contributed by atoms with E-state index in [9.17, 15) is 9.59 Å². The van der Waals surface area contributed by atoms with Crippen molar-refractivity contribution in [2.45, 2.75) is 0 Å². The van der Waals surface area contributed by atoms with Gasteiger partial charge in [0.1, 0.15) is 6.54 Å². The van der Waals surface area contributed by atoms with E-state index in [2.05, 4.69) is 15.4 Å². The molecule has 1 rings (SSSR count). The van der Waals surface area contributed by atoms with Crippen molar-refractivity contribution >= 4 is 17.6 Å². The van der Waals surface area contributed by atoms with E-state index < -0.39 is 5.97 Å². The summed E-state index contributed by atoms with van der Waals surface area (Å²) in [5.74, 6) is -0.786. The lowest BCUT2D eigenvalue weighted by Crippen LogP contribution is -2.30. The molecule has 0 heterocycles. The Balaban J connectivity index is 2.69. The van der Waals surface area contributed by atoms with Crippen LogP contribution in [0.5, 0.6) is 0 Å². The predicted molar refractivity (Wildman–Crippen MR) is 60.3 cm³/mol. The zero-order chi connectivity index (χ0) is 12.0. The number of rotatable bonds is 4. The van der Waals surface area contributed by atoms with E-state index in [0.717, 1.165) is 0 Å². The second kappa shape index (κ2) is 5.75. The van der Waals surface area contributed by atoms with Crippen LogP contribution in [0.4, 0.5) is 5.69 Å². The van der Waals surface area contributed by atoms with Crippen molar-refractivity contribution in [1.29, 1.82) is 0 Å². The highest BCUT2D eigenvalue weighted by Crippen LogP contribution is 2.13. The van der Waals surface area contributed by atoms with Crippen LogP contribution in [0.1, 0.15) is 10.4 Å². The Bertz CT molecular complexity index is 391. The van der Waals surface area contributed by atoms with Crippen molar-refractivity contribution in [3.8, 4) is 0 Å². The lowest BCUT2D eigenvalue weighted by Gasteiger charge is -2.08. The first-order chi connectivity index (χ1) is 7.69. The van der Waals surface area contributed by atoms with Gasteiger partial charge in [-0.1, -0.05) is 12.1 Å². The van der Waals surface area contributed by atoms with Crippen LogP contribution in [-0.4, -0.2) is 32.6 Å². The van der Waals surface area contributed by atoms with Crippen molar-refractivity contribution in [3.05, 3.63) is 29.8 Å². The monoisotopic (exact) mass is 222 g/mol. The van der Waals surface area contributed by atoms with Crippen LogP contribution >= 0.6 is 0 Å². The molecule has 0 bridgehead atoms. The predicted octanol–water partition coefficient (Wildman–Crippen LogP) is 0.631. The van der Waals surface area contributed by atoms with Gasteiger partial charge < -0.3 is 15.4 Å². The molecule has 0 unspecified atom stereocenters. The average molecular weight is 222 g/mol. The lowest BCUT2D eigenvalue weighted by atomic mass is 10.1. The number of amides is 1. The fraction of sp³-hybridized carbons (Fsp3) is 0.273. The molecule has 0 saturated heterocycles. The molecule has 0 spiro atoms. The second-order valence-electron chi connectivity index (χ2n) is 3.05. The Morgan fingerprint density at radius 3 is 2.62 bits per heavy atom. The van der Waals surface area contributed by atoms with Gasteiger partial charge in [-0.05, 0) is 12.1 Å². The van der Waals surface area contributed by atoms with Gasteiger partial charge in [0, 0.05) is 12.7 Å². The van der Waals surface area contributed by atoms with Gasteiger partial charge in [0.25, 0.3) is 5.91 Å². The number of ether oxygens (including phenoxy) is 1. The number of benzene rings is 1. The minimum Gasteiger partial charge on any atom is -0.468 e. The number of esters is 1. The van der Waals surface area contributed by atoms with Crippen LogP contribution < -0.4 is 10.6 Å². The van der Waals surface area contributed by atoms with Gasteiger partial charge in [-0.15, -0.1) is 0 Å². The summed E-state index contributed by atoms with van der Waals surface area (Å²) < 4.78 is 4.42. The Morgan fingerprint density at radius 2 is 2.00 bits per heavy atom. The number of carbonyl (C=O) groups is 2. The standard InChI is InChI=1S/C11H14N2O3/c1-12-9-6-4-3-5-8(9)11(15)13-7-10(14)16-2/h3-6,12H,7H2,1-2H3,(H,13,15). The van der Waals surface area contributed by atoms with Crippen molar-refractivity contribution < 1.29 is 14.3 Å². The molecule has 16 heavy (non-hydrogen) atoms. The smallest absolute Gasteiger partial charge is 0.325 e. The van der Waals surface area contributed by atoms with Gasteiger partial charge in [-0.25, -0.2) is 0 Å². The molecule has 0 aromatic heterocycles. The third-order valence-electron chi connectivity index (χ3n) is 2.06. The Labute approximate surface area is 93.8 Å². The van der Waals surface area contributed by atoms with Crippen molar-refractivity contribution in [2.24, 2.45) is 0 Å². The van der Waals surface area contributed by atoms with Gasteiger partial charge in [-0.3, -0.25) is 9.59 Å². The van der Waals surface area contributed by atoms with Crippen LogP contribution in [0.15, 0.2) is 24.3 Å². The van der Waals surface area contributed by atoms with E-state index in [1.165, 1.54) is 7.11 Å². The molecule has 2 N–H and O–H groups in total. The number of anilines is 1. The molecular formula is C11H14N2O3. The molecule has 0 saturated carbocycles. The van der Waals surface area contributed by atoms with Gasteiger partial charge >= 0.3 is 5.97 Å². The maximum absolute atomic E-state index is 11.7. The molecule has 1 amide bonds. The first-order valence-corrected chi connectivity index (χ1v) is 4.81. The Morgan fingerprint density at radius 1 is 1.31 bits per heavy atom. The third-order valence-corrected chi connectivity index (χ3v) is 2.06. The molecule has 1 aromatic carbocycles. The molecular weight excluding hydrogens is 208 g/mol. The molecule has 0 aliphatic carbocycles. The molecule has 5 heteroatoms. The SMILES string of the molecule is CNc1ccccc1C(=O)NCC(=O)OC. The molecule has 0 aliphatic rings. The number of methoxy groups -OCH3 is 1. The van der Waals surface area contributed by atoms with Crippen molar-refractivity contribution in [3.63, 3.8) is 0 Å². The van der Waals surface area contributed by atoms with E-state index in [-0.39, 0.29) is 12.5 Å². The summed E-state index contributed by atoms with van der Waals surface area (Å²) >= 11 is 0. The summed E-state index contributed by atoms with van der Waals surface area (Å²) in [6.45, 7) is -0.132. The average Bonchev–Trinajstić information content (AvgIpc) is 2.35. The van der Waals surface area contributed by atoms with Gasteiger partial charge in [0.15, 0.2) is 0 Å². The zero-order valence-electron chi connectivity index (χ0n) is 9.24. The topological polar surface area (TPSA) is 67.4 Å². The first kappa shape index (κ1) is 12.0. The van der Waals surface area contributed by atoms with Crippen LogP contribution in [0, 0.1) is 0 Å². The van der Waals surface area contributed by atoms with Gasteiger partial charge in [0.05, 0.1) is 12.7 Å². The first-order valence-electron chi connectivity index (χ1n) is 4.81. The summed E-state index contributed by atoms with van der Waals surface area (Å²) in [4.78, 5) is 22.5. The number of carbonyl (C=O) groups excluding carboxylic acids is 2. The zero-order valence-corrected chi connectivity index (χ0v) is 9.24. The minimum atomic E-state index is -0.477. The summed E-state index contributed by atoms with van der Waals surface area (Å²) in [5, 5.41) is 5.37. The molecule has 1 aromatic rings. The van der Waals surface area contributed by atoms with E-state index in [0.29, 0.717) is 11.3 Å². The maximum atomic E-state index is 11.7. The quantitative estimate of drug-likeness (QED) is 0.733. The van der Waals surface area contributed by atoms with Crippen molar-refractivity contribution in [1.82, 2.24) is 5.32 Å². The molecule has 0 radical (unpaired) electrons. The number of hydrogen-bond donors (Lipinski definition) is 2. The summed E-state index contributed by atoms with van der Waals surface area (Å²) in [7, 11) is 3.00. The highest BCUT2D eigenvalue weighted by atomic mass is 16.5. The highest BCUT2D eigenvalue weighted by Gasteiger charge is 2.10. The fourth-order valence-electron chi connectivity index (χ4n) is 1.22. The van der Waals surface area contributed by atoms with Crippen molar-refractivity contribution in [2.75, 3.05) is 26.0 Å². The van der Waals surface area contributed by atoms with Gasteiger partial charge in [0.2, 0.25) is 0 Å². The number of para-hydroxylation sites is 1. The Kier molecular flexibility index (Phi) is 4.32. The molecule has 5 nitrogen and oxygen atoms in total. The maximum Gasteiger partial charge on any atom is 0.325 e. The third kappa shape index (κ3) is 2.98. The van der Waals surface area contributed by atoms with Gasteiger partial charge in [-0.2, -0.15) is 0 Å². The fourth-order valence-corrected chi connectivity index (χ4v) is 1.22. The molecule has 86 valence electrons. The summed E-state index contributed by atoms with van der Waals surface area (Å²) in [6, 6.07) is 7.04. The summed E-state index contributed by atoms with van der Waals surface area (Å²) in [5.41, 5.74) is 1.21. The van der Waals surface area contributed by atoms with Crippen LogP contribution in [0.3, 0.4) is 0 Å². The summed E-state index contributed by atoms with van der Waals surface area (Å²) in [6.07, 6.45) is 0. The largest absolute Gasteiger partial charge is 0.468 e. The molecule has 0 fully saturated rings. The van der Waals surface area contributed by atoms with E-state index >= 15 is 0 Å². The lowest BCUT2D eigenvalue weighted by molar-refractivity contribution is -0.139. The van der Waals surface area contributed by atoms with E-state index in [4.69, 9.17) is 0 Å². The van der Waals surface area contributed by atoms with Crippen LogP contribution in [0.2, 0.25) is 0 Å².